The van der Waals surface area contributed by atoms with Crippen LogP contribution in [0.4, 0.5) is 0 Å². The second-order valence-electron chi connectivity index (χ2n) is 12.3. The van der Waals surface area contributed by atoms with E-state index >= 15 is 0 Å². The molecule has 42 heavy (non-hydrogen) atoms. The van der Waals surface area contributed by atoms with E-state index in [1.807, 2.05) is 38.1 Å². The number of allylic oxidation sites excluding steroid dienone is 1. The Morgan fingerprint density at radius 2 is 1.43 bits per heavy atom. The first-order chi connectivity index (χ1) is 19.8. The van der Waals surface area contributed by atoms with Gasteiger partial charge in [0.05, 0.1) is 25.9 Å². The maximum atomic E-state index is 12.9. The standard InChI is InChI=1S/C36H46O5Si/c1-25(20-28(4)37)21-29(22-26(2)32-24-34(39-8)27(3)23-33(32)35(38)40-9)41-42(36(5,6)7,30-16-12-10-13-17-30)31-18-14-11-15-19-31/h10-19,22-25,29H,20-21H2,1-9H3/b26-22+. The van der Waals surface area contributed by atoms with E-state index in [-0.39, 0.29) is 22.8 Å². The van der Waals surface area contributed by atoms with E-state index < -0.39 is 14.3 Å². The number of Topliss-reactive ketones (excluding diaryl/α,β-unsaturated/α-hetero) is 1. The highest BCUT2D eigenvalue weighted by Crippen LogP contribution is 2.39. The Hall–Kier alpha value is -3.48. The summed E-state index contributed by atoms with van der Waals surface area (Å²) < 4.78 is 18.3. The molecule has 0 N–H and O–H groups in total. The van der Waals surface area contributed by atoms with Gasteiger partial charge in [0.2, 0.25) is 0 Å². The van der Waals surface area contributed by atoms with Gasteiger partial charge in [-0.15, -0.1) is 0 Å². The van der Waals surface area contributed by atoms with Crippen LogP contribution in [-0.2, 0) is 14.0 Å². The van der Waals surface area contributed by atoms with Crippen LogP contribution < -0.4 is 15.1 Å². The Balaban J connectivity index is 2.27. The molecule has 0 radical (unpaired) electrons. The van der Waals surface area contributed by atoms with Gasteiger partial charge in [-0.1, -0.05) is 94.4 Å². The Kier molecular flexibility index (Phi) is 11.1. The number of benzene rings is 3. The van der Waals surface area contributed by atoms with E-state index in [2.05, 4.69) is 82.3 Å². The molecular formula is C36H46O5Si. The van der Waals surface area contributed by atoms with Gasteiger partial charge >= 0.3 is 5.97 Å². The average Bonchev–Trinajstić information content (AvgIpc) is 2.94. The number of ether oxygens (including phenoxy) is 2. The summed E-state index contributed by atoms with van der Waals surface area (Å²) in [6.07, 6.45) is 2.91. The van der Waals surface area contributed by atoms with Crippen LogP contribution in [0.3, 0.4) is 0 Å². The zero-order valence-electron chi connectivity index (χ0n) is 26.6. The second-order valence-corrected chi connectivity index (χ2v) is 16.5. The van der Waals surface area contributed by atoms with Crippen molar-refractivity contribution in [3.05, 3.63) is 95.6 Å². The van der Waals surface area contributed by atoms with Gasteiger partial charge in [-0.3, -0.25) is 0 Å². The van der Waals surface area contributed by atoms with Crippen molar-refractivity contribution in [1.29, 1.82) is 0 Å². The van der Waals surface area contributed by atoms with Gasteiger partial charge in [0.25, 0.3) is 8.32 Å². The van der Waals surface area contributed by atoms with Gasteiger partial charge < -0.3 is 18.7 Å². The van der Waals surface area contributed by atoms with Crippen LogP contribution in [0.2, 0.25) is 5.04 Å². The first-order valence-electron chi connectivity index (χ1n) is 14.6. The summed E-state index contributed by atoms with van der Waals surface area (Å²) in [5.41, 5.74) is 2.95. The topological polar surface area (TPSA) is 61.8 Å². The number of carbonyl (C=O) groups excluding carboxylic acids is 2. The van der Waals surface area contributed by atoms with Crippen LogP contribution >= 0.6 is 0 Å². The van der Waals surface area contributed by atoms with Crippen LogP contribution in [0.1, 0.15) is 75.9 Å². The summed E-state index contributed by atoms with van der Waals surface area (Å²) in [5.74, 6) is 0.545. The van der Waals surface area contributed by atoms with Crippen molar-refractivity contribution in [2.45, 2.75) is 72.5 Å². The summed E-state index contributed by atoms with van der Waals surface area (Å²) in [6, 6.07) is 24.8. The molecule has 3 aromatic rings. The molecule has 0 saturated heterocycles. The third-order valence-corrected chi connectivity index (χ3v) is 12.9. The highest BCUT2D eigenvalue weighted by atomic mass is 28.4. The normalized spacial score (nSPS) is 13.8. The fraction of sp³-hybridized carbons (Fsp3) is 0.389. The van der Waals surface area contributed by atoms with Crippen molar-refractivity contribution < 1.29 is 23.5 Å². The Morgan fingerprint density at radius 1 is 0.881 bits per heavy atom. The predicted molar refractivity (Wildman–Crippen MR) is 174 cm³/mol. The van der Waals surface area contributed by atoms with Crippen LogP contribution in [0.25, 0.3) is 5.57 Å². The first kappa shape index (κ1) is 33.0. The average molecular weight is 587 g/mol. The maximum Gasteiger partial charge on any atom is 0.338 e. The van der Waals surface area contributed by atoms with Gasteiger partial charge in [-0.2, -0.15) is 0 Å². The van der Waals surface area contributed by atoms with Crippen molar-refractivity contribution in [3.63, 3.8) is 0 Å². The lowest BCUT2D eigenvalue weighted by molar-refractivity contribution is -0.117. The first-order valence-corrected chi connectivity index (χ1v) is 16.5. The molecule has 2 atom stereocenters. The van der Waals surface area contributed by atoms with Gasteiger partial charge in [-0.05, 0) is 77.4 Å². The van der Waals surface area contributed by atoms with Crippen molar-refractivity contribution in [2.24, 2.45) is 5.92 Å². The van der Waals surface area contributed by atoms with Crippen molar-refractivity contribution >= 4 is 36.0 Å². The zero-order valence-corrected chi connectivity index (χ0v) is 27.6. The molecule has 2 unspecified atom stereocenters. The van der Waals surface area contributed by atoms with Crippen molar-refractivity contribution in [3.8, 4) is 5.75 Å². The Morgan fingerprint density at radius 3 is 1.88 bits per heavy atom. The fourth-order valence-electron chi connectivity index (χ4n) is 5.92. The fourth-order valence-corrected chi connectivity index (χ4v) is 10.6. The SMILES string of the molecule is COC(=O)c1cc(C)c(OC)cc1/C(C)=C/C(CC(C)CC(C)=O)O[Si](c1ccccc1)(c1ccccc1)C(C)(C)C. The molecule has 0 aliphatic rings. The van der Waals surface area contributed by atoms with Gasteiger partial charge in [0.15, 0.2) is 0 Å². The molecule has 0 spiro atoms. The maximum absolute atomic E-state index is 12.9. The Bertz CT molecular complexity index is 1350. The number of rotatable bonds is 12. The lowest BCUT2D eigenvalue weighted by Crippen LogP contribution is -2.67. The molecule has 0 fully saturated rings. The number of methoxy groups -OCH3 is 2. The predicted octanol–water partition coefficient (Wildman–Crippen LogP) is 7.14. The third kappa shape index (κ3) is 7.47. The van der Waals surface area contributed by atoms with E-state index in [1.165, 1.54) is 17.5 Å². The van der Waals surface area contributed by atoms with E-state index in [0.29, 0.717) is 24.2 Å². The molecule has 3 aromatic carbocycles. The third-order valence-electron chi connectivity index (χ3n) is 7.82. The zero-order chi connectivity index (χ0) is 31.1. The molecular weight excluding hydrogens is 540 g/mol. The lowest BCUT2D eigenvalue weighted by atomic mass is 9.93. The van der Waals surface area contributed by atoms with Gasteiger partial charge in [0, 0.05) is 6.42 Å². The lowest BCUT2D eigenvalue weighted by Gasteiger charge is -2.45. The van der Waals surface area contributed by atoms with Crippen LogP contribution in [0.15, 0.2) is 78.9 Å². The number of hydrogen-bond acceptors (Lipinski definition) is 5. The summed E-state index contributed by atoms with van der Waals surface area (Å²) in [7, 11) is 0.116. The molecule has 0 heterocycles. The molecule has 0 bridgehead atoms. The van der Waals surface area contributed by atoms with Crippen molar-refractivity contribution in [2.75, 3.05) is 14.2 Å². The smallest absolute Gasteiger partial charge is 0.338 e. The summed E-state index contributed by atoms with van der Waals surface area (Å²) in [5, 5.41) is 2.15. The van der Waals surface area contributed by atoms with Gasteiger partial charge in [0.1, 0.15) is 11.5 Å². The molecule has 3 rings (SSSR count). The minimum absolute atomic E-state index is 0.0994. The molecule has 5 nitrogen and oxygen atoms in total. The summed E-state index contributed by atoms with van der Waals surface area (Å²) in [4.78, 5) is 25.0. The van der Waals surface area contributed by atoms with Gasteiger partial charge in [-0.25, -0.2) is 4.79 Å². The molecule has 6 heteroatoms. The molecule has 0 aliphatic heterocycles. The second kappa shape index (κ2) is 14.1. The number of ketones is 1. The van der Waals surface area contributed by atoms with Crippen LogP contribution in [0, 0.1) is 12.8 Å². The number of hydrogen-bond donors (Lipinski definition) is 0. The highest BCUT2D eigenvalue weighted by molar-refractivity contribution is 6.99. The number of carbonyl (C=O) groups is 2. The molecule has 0 aliphatic carbocycles. The largest absolute Gasteiger partial charge is 0.496 e. The van der Waals surface area contributed by atoms with E-state index in [0.717, 1.165) is 16.7 Å². The molecule has 0 saturated carbocycles. The molecule has 224 valence electrons. The number of esters is 1. The van der Waals surface area contributed by atoms with E-state index in [1.54, 1.807) is 14.0 Å². The Labute approximate surface area is 253 Å². The van der Waals surface area contributed by atoms with Crippen LogP contribution in [0.5, 0.6) is 5.75 Å². The quantitative estimate of drug-likeness (QED) is 0.167. The molecule has 0 aromatic heterocycles. The highest BCUT2D eigenvalue weighted by Gasteiger charge is 2.51. The monoisotopic (exact) mass is 586 g/mol. The number of aryl methyl sites for hydroxylation is 1. The minimum atomic E-state index is -2.90. The van der Waals surface area contributed by atoms with E-state index in [9.17, 15) is 9.59 Å². The molecule has 0 amide bonds. The summed E-state index contributed by atoms with van der Waals surface area (Å²) >= 11 is 0. The van der Waals surface area contributed by atoms with Crippen molar-refractivity contribution in [1.82, 2.24) is 0 Å². The van der Waals surface area contributed by atoms with E-state index in [4.69, 9.17) is 13.9 Å². The summed E-state index contributed by atoms with van der Waals surface area (Å²) in [6.45, 7) is 14.4. The minimum Gasteiger partial charge on any atom is -0.496 e. The van der Waals surface area contributed by atoms with Crippen LogP contribution in [-0.4, -0.2) is 40.4 Å².